The van der Waals surface area contributed by atoms with Crippen molar-refractivity contribution in [3.8, 4) is 17.1 Å². The summed E-state index contributed by atoms with van der Waals surface area (Å²) in [4.78, 5) is 11.1. The van der Waals surface area contributed by atoms with Gasteiger partial charge >= 0.3 is 0 Å². The zero-order chi connectivity index (χ0) is 19.1. The molecule has 0 N–H and O–H groups in total. The summed E-state index contributed by atoms with van der Waals surface area (Å²) < 4.78 is 11.0. The quantitative estimate of drug-likeness (QED) is 0.532. The van der Waals surface area contributed by atoms with Gasteiger partial charge in [-0.15, -0.1) is 0 Å². The van der Waals surface area contributed by atoms with Gasteiger partial charge in [-0.2, -0.15) is 0 Å². The fourth-order valence-corrected chi connectivity index (χ4v) is 4.14. The predicted molar refractivity (Wildman–Crippen MR) is 108 cm³/mol. The van der Waals surface area contributed by atoms with Crippen LogP contribution in [0, 0.1) is 0 Å². The second-order valence-electron chi connectivity index (χ2n) is 7.30. The highest BCUT2D eigenvalue weighted by atomic mass is 16.5. The first-order valence-corrected chi connectivity index (χ1v) is 9.37. The summed E-state index contributed by atoms with van der Waals surface area (Å²) >= 11 is 0. The number of benzene rings is 2. The van der Waals surface area contributed by atoms with Crippen LogP contribution in [0.4, 0.5) is 0 Å². The van der Waals surface area contributed by atoms with E-state index in [-0.39, 0.29) is 0 Å². The predicted octanol–water partition coefficient (Wildman–Crippen LogP) is 4.48. The van der Waals surface area contributed by atoms with Gasteiger partial charge in [-0.1, -0.05) is 24.3 Å². The van der Waals surface area contributed by atoms with E-state index in [2.05, 4.69) is 58.3 Å². The third-order valence-electron chi connectivity index (χ3n) is 5.47. The van der Waals surface area contributed by atoms with E-state index in [0.717, 1.165) is 35.3 Å². The molecule has 0 spiro atoms. The van der Waals surface area contributed by atoms with Crippen LogP contribution in [-0.4, -0.2) is 35.6 Å². The van der Waals surface area contributed by atoms with Gasteiger partial charge in [0.15, 0.2) is 0 Å². The molecule has 28 heavy (non-hydrogen) atoms. The van der Waals surface area contributed by atoms with E-state index >= 15 is 0 Å². The third kappa shape index (κ3) is 2.84. The standard InChI is InChI=1S/C23H21N3O2/c1-26-13-18-11-17(22-23(27-2)25-9-8-24-22)5-6-19(18)20(14-26)16-4-3-15-7-10-28-21(15)12-16/h3-12,20H,13-14H2,1-2H3. The van der Waals surface area contributed by atoms with Gasteiger partial charge in [-0.25, -0.2) is 9.97 Å². The number of furan rings is 1. The van der Waals surface area contributed by atoms with Gasteiger partial charge in [-0.05, 0) is 41.9 Å². The monoisotopic (exact) mass is 371 g/mol. The van der Waals surface area contributed by atoms with E-state index in [4.69, 9.17) is 9.15 Å². The number of ether oxygens (including phenoxy) is 1. The molecule has 0 aliphatic carbocycles. The van der Waals surface area contributed by atoms with Crippen molar-refractivity contribution >= 4 is 11.0 Å². The van der Waals surface area contributed by atoms with Crippen molar-refractivity contribution in [2.24, 2.45) is 0 Å². The van der Waals surface area contributed by atoms with Crippen LogP contribution in [0.3, 0.4) is 0 Å². The van der Waals surface area contributed by atoms with Crippen LogP contribution < -0.4 is 4.74 Å². The Bertz CT molecular complexity index is 1150. The highest BCUT2D eigenvalue weighted by Gasteiger charge is 2.26. The van der Waals surface area contributed by atoms with Gasteiger partial charge in [0.2, 0.25) is 5.88 Å². The highest BCUT2D eigenvalue weighted by Crippen LogP contribution is 2.37. The number of hydrogen-bond donors (Lipinski definition) is 0. The van der Waals surface area contributed by atoms with Gasteiger partial charge in [0, 0.05) is 42.4 Å². The molecule has 0 bridgehead atoms. The minimum absolute atomic E-state index is 0.307. The molecule has 1 aliphatic heterocycles. The van der Waals surface area contributed by atoms with Crippen molar-refractivity contribution < 1.29 is 9.15 Å². The minimum Gasteiger partial charge on any atom is -0.479 e. The number of likely N-dealkylation sites (N-methyl/N-ethyl adjacent to an activating group) is 1. The molecule has 140 valence electrons. The lowest BCUT2D eigenvalue weighted by atomic mass is 9.83. The maximum absolute atomic E-state index is 5.62. The van der Waals surface area contributed by atoms with Gasteiger partial charge < -0.3 is 14.1 Å². The molecule has 2 aromatic heterocycles. The van der Waals surface area contributed by atoms with Crippen LogP contribution in [0.1, 0.15) is 22.6 Å². The molecule has 5 rings (SSSR count). The van der Waals surface area contributed by atoms with Crippen LogP contribution in [0.2, 0.25) is 0 Å². The second-order valence-corrected chi connectivity index (χ2v) is 7.30. The molecular weight excluding hydrogens is 350 g/mol. The van der Waals surface area contributed by atoms with E-state index in [1.165, 1.54) is 16.7 Å². The fraction of sp³-hybridized carbons (Fsp3) is 0.217. The SMILES string of the molecule is COc1nccnc1-c1ccc2c(c1)CN(C)CC2c1ccc2ccoc2c1. The Labute approximate surface area is 163 Å². The maximum atomic E-state index is 5.62. The summed E-state index contributed by atoms with van der Waals surface area (Å²) in [5.74, 6) is 0.854. The molecule has 0 saturated heterocycles. The van der Waals surface area contributed by atoms with E-state index in [0.29, 0.717) is 11.8 Å². The van der Waals surface area contributed by atoms with E-state index in [1.54, 1.807) is 25.8 Å². The molecule has 1 aliphatic rings. The summed E-state index contributed by atoms with van der Waals surface area (Å²) in [7, 11) is 3.79. The topological polar surface area (TPSA) is 51.4 Å². The molecule has 1 unspecified atom stereocenters. The molecule has 0 radical (unpaired) electrons. The Hall–Kier alpha value is -3.18. The van der Waals surface area contributed by atoms with E-state index in [1.807, 2.05) is 6.07 Å². The number of rotatable bonds is 3. The van der Waals surface area contributed by atoms with E-state index in [9.17, 15) is 0 Å². The van der Waals surface area contributed by atoms with Crippen molar-refractivity contribution in [1.29, 1.82) is 0 Å². The Balaban J connectivity index is 1.59. The first-order chi connectivity index (χ1) is 13.7. The summed E-state index contributed by atoms with van der Waals surface area (Å²) in [6.07, 6.45) is 5.09. The highest BCUT2D eigenvalue weighted by molar-refractivity contribution is 5.78. The summed E-state index contributed by atoms with van der Waals surface area (Å²) in [5, 5.41) is 1.14. The molecule has 5 nitrogen and oxygen atoms in total. The zero-order valence-electron chi connectivity index (χ0n) is 15.9. The molecule has 0 fully saturated rings. The summed E-state index contributed by atoms with van der Waals surface area (Å²) in [6, 6.07) is 15.1. The molecule has 4 aromatic rings. The van der Waals surface area contributed by atoms with Gasteiger partial charge in [0.1, 0.15) is 11.3 Å². The van der Waals surface area contributed by atoms with Crippen LogP contribution in [0.25, 0.3) is 22.2 Å². The number of fused-ring (bicyclic) bond motifs is 2. The van der Waals surface area contributed by atoms with Crippen molar-refractivity contribution in [3.05, 3.63) is 77.8 Å². The molecular formula is C23H21N3O2. The second kappa shape index (κ2) is 6.77. The van der Waals surface area contributed by atoms with Crippen molar-refractivity contribution in [2.75, 3.05) is 20.7 Å². The van der Waals surface area contributed by atoms with Crippen LogP contribution in [0.5, 0.6) is 5.88 Å². The van der Waals surface area contributed by atoms with Crippen LogP contribution >= 0.6 is 0 Å². The number of nitrogens with zero attached hydrogens (tertiary/aromatic N) is 3. The Morgan fingerprint density at radius 2 is 1.96 bits per heavy atom. The van der Waals surface area contributed by atoms with Gasteiger partial charge in [0.05, 0.1) is 13.4 Å². The van der Waals surface area contributed by atoms with Gasteiger partial charge in [0.25, 0.3) is 0 Å². The smallest absolute Gasteiger partial charge is 0.240 e. The molecule has 3 heterocycles. The average molecular weight is 371 g/mol. The number of methoxy groups -OCH3 is 1. The lowest BCUT2D eigenvalue weighted by molar-refractivity contribution is 0.295. The Morgan fingerprint density at radius 3 is 2.86 bits per heavy atom. The normalized spacial score (nSPS) is 16.9. The largest absolute Gasteiger partial charge is 0.479 e. The number of hydrogen-bond acceptors (Lipinski definition) is 5. The summed E-state index contributed by atoms with van der Waals surface area (Å²) in [5.41, 5.74) is 6.68. The number of aromatic nitrogens is 2. The molecule has 5 heteroatoms. The Morgan fingerprint density at radius 1 is 1.07 bits per heavy atom. The Kier molecular flexibility index (Phi) is 4.10. The van der Waals surface area contributed by atoms with E-state index < -0.39 is 0 Å². The third-order valence-corrected chi connectivity index (χ3v) is 5.47. The van der Waals surface area contributed by atoms with Crippen LogP contribution in [-0.2, 0) is 6.54 Å². The minimum atomic E-state index is 0.307. The first kappa shape index (κ1) is 17.0. The molecule has 2 aromatic carbocycles. The summed E-state index contributed by atoms with van der Waals surface area (Å²) in [6.45, 7) is 1.89. The van der Waals surface area contributed by atoms with Gasteiger partial charge in [-0.3, -0.25) is 0 Å². The molecule has 1 atom stereocenters. The average Bonchev–Trinajstić information content (AvgIpc) is 3.20. The molecule has 0 amide bonds. The van der Waals surface area contributed by atoms with Crippen molar-refractivity contribution in [2.45, 2.75) is 12.5 Å². The van der Waals surface area contributed by atoms with Crippen molar-refractivity contribution in [1.82, 2.24) is 14.9 Å². The van der Waals surface area contributed by atoms with Crippen LogP contribution in [0.15, 0.2) is 65.5 Å². The molecule has 0 saturated carbocycles. The first-order valence-electron chi connectivity index (χ1n) is 9.37. The maximum Gasteiger partial charge on any atom is 0.240 e. The lowest BCUT2D eigenvalue weighted by Crippen LogP contribution is -2.31. The fourth-order valence-electron chi connectivity index (χ4n) is 4.14. The lowest BCUT2D eigenvalue weighted by Gasteiger charge is -2.33. The van der Waals surface area contributed by atoms with Crippen molar-refractivity contribution in [3.63, 3.8) is 0 Å². The zero-order valence-corrected chi connectivity index (χ0v) is 15.9.